The molecule has 2 N–H and O–H groups in total. The summed E-state index contributed by atoms with van der Waals surface area (Å²) in [5, 5.41) is 24.2. The van der Waals surface area contributed by atoms with Crippen LogP contribution < -0.4 is 0 Å². The van der Waals surface area contributed by atoms with E-state index in [1.165, 1.54) is 19.2 Å². The number of benzene rings is 2. The molecule has 2 aromatic carbocycles. The highest BCUT2D eigenvalue weighted by Crippen LogP contribution is 2.24. The molecule has 1 amide bonds. The minimum Gasteiger partial charge on any atom is -0.507 e. The van der Waals surface area contributed by atoms with Gasteiger partial charge in [-0.1, -0.05) is 34.1 Å². The number of aliphatic hydroxyl groups excluding tert-OH is 1. The van der Waals surface area contributed by atoms with Crippen LogP contribution in [0.25, 0.3) is 0 Å². The Morgan fingerprint density at radius 1 is 1.23 bits per heavy atom. The van der Waals surface area contributed by atoms with Gasteiger partial charge in [-0.3, -0.25) is 9.80 Å². The normalized spacial score (nSPS) is 15.4. The number of carbonyl (C=O) groups excluding carboxylic acids is 2. The van der Waals surface area contributed by atoms with Gasteiger partial charge in [-0.25, -0.2) is 9.80 Å². The van der Waals surface area contributed by atoms with Crippen molar-refractivity contribution in [2.75, 3.05) is 26.7 Å². The number of amides is 1. The smallest absolute Gasteiger partial charge is 0.341 e. The zero-order chi connectivity index (χ0) is 21.7. The van der Waals surface area contributed by atoms with Crippen LogP contribution in [0.3, 0.4) is 0 Å². The van der Waals surface area contributed by atoms with Gasteiger partial charge in [0, 0.05) is 30.5 Å². The number of aliphatic hydroxyl groups is 1. The average molecular weight is 477 g/mol. The molecule has 160 valence electrons. The predicted molar refractivity (Wildman–Crippen MR) is 115 cm³/mol. The SMILES string of the molecule is COC(=O)c1ccc(CCN2C(=O)CCN2CCC(O)c2cccc(Br)c2)cc1O. The summed E-state index contributed by atoms with van der Waals surface area (Å²) in [5.41, 5.74) is 1.76. The summed E-state index contributed by atoms with van der Waals surface area (Å²) in [7, 11) is 1.26. The summed E-state index contributed by atoms with van der Waals surface area (Å²) >= 11 is 3.41. The number of rotatable bonds is 8. The van der Waals surface area contributed by atoms with Crippen molar-refractivity contribution in [1.82, 2.24) is 10.0 Å². The van der Waals surface area contributed by atoms with E-state index in [-0.39, 0.29) is 17.2 Å². The van der Waals surface area contributed by atoms with Crippen molar-refractivity contribution in [3.8, 4) is 5.75 Å². The molecule has 1 fully saturated rings. The van der Waals surface area contributed by atoms with Gasteiger partial charge in [0.15, 0.2) is 0 Å². The van der Waals surface area contributed by atoms with Crippen molar-refractivity contribution >= 4 is 27.8 Å². The molecular formula is C22H25BrN2O5. The summed E-state index contributed by atoms with van der Waals surface area (Å²) in [6, 6.07) is 12.4. The van der Waals surface area contributed by atoms with Crippen molar-refractivity contribution in [1.29, 1.82) is 0 Å². The summed E-state index contributed by atoms with van der Waals surface area (Å²) < 4.78 is 5.54. The van der Waals surface area contributed by atoms with E-state index in [1.807, 2.05) is 29.3 Å². The van der Waals surface area contributed by atoms with Crippen molar-refractivity contribution in [2.45, 2.75) is 25.4 Å². The number of nitrogens with zero attached hydrogens (tertiary/aromatic N) is 2. The molecule has 1 unspecified atom stereocenters. The molecule has 0 aromatic heterocycles. The molecular weight excluding hydrogens is 452 g/mol. The molecule has 1 aliphatic rings. The van der Waals surface area contributed by atoms with Gasteiger partial charge in [0.2, 0.25) is 5.91 Å². The van der Waals surface area contributed by atoms with Crippen LogP contribution in [0.1, 0.15) is 40.4 Å². The van der Waals surface area contributed by atoms with E-state index in [4.69, 9.17) is 0 Å². The Morgan fingerprint density at radius 2 is 2.03 bits per heavy atom. The van der Waals surface area contributed by atoms with E-state index in [9.17, 15) is 19.8 Å². The summed E-state index contributed by atoms with van der Waals surface area (Å²) in [4.78, 5) is 23.9. The van der Waals surface area contributed by atoms with E-state index >= 15 is 0 Å². The fourth-order valence-corrected chi connectivity index (χ4v) is 3.95. The van der Waals surface area contributed by atoms with Gasteiger partial charge in [0.1, 0.15) is 11.3 Å². The standard InChI is InChI=1S/C22H25BrN2O5/c1-30-22(29)18-6-5-15(13-20(18)27)7-12-25-21(28)9-11-24(25)10-8-19(26)16-3-2-4-17(23)14-16/h2-6,13-14,19,26-27H,7-12H2,1H3. The average Bonchev–Trinajstić information content (AvgIpc) is 3.09. The van der Waals surface area contributed by atoms with Crippen LogP contribution in [0.15, 0.2) is 46.9 Å². The van der Waals surface area contributed by atoms with Crippen LogP contribution in [0.2, 0.25) is 0 Å². The Hall–Kier alpha value is -2.42. The third-order valence-corrected chi connectivity index (χ3v) is 5.68. The molecule has 0 radical (unpaired) electrons. The van der Waals surface area contributed by atoms with Crippen LogP contribution in [-0.2, 0) is 16.0 Å². The van der Waals surface area contributed by atoms with E-state index in [1.54, 1.807) is 11.1 Å². The van der Waals surface area contributed by atoms with Gasteiger partial charge in [-0.15, -0.1) is 0 Å². The van der Waals surface area contributed by atoms with Crippen LogP contribution in [0.5, 0.6) is 5.75 Å². The van der Waals surface area contributed by atoms with Crippen LogP contribution >= 0.6 is 15.9 Å². The highest BCUT2D eigenvalue weighted by molar-refractivity contribution is 9.10. The van der Waals surface area contributed by atoms with Gasteiger partial charge < -0.3 is 14.9 Å². The number of methoxy groups -OCH3 is 1. The van der Waals surface area contributed by atoms with Gasteiger partial charge in [-0.2, -0.15) is 0 Å². The molecule has 0 saturated carbocycles. The lowest BCUT2D eigenvalue weighted by atomic mass is 10.1. The second-order valence-electron chi connectivity index (χ2n) is 7.17. The lowest BCUT2D eigenvalue weighted by molar-refractivity contribution is -0.138. The summed E-state index contributed by atoms with van der Waals surface area (Å²) in [6.45, 7) is 1.64. The number of halogens is 1. The van der Waals surface area contributed by atoms with Crippen LogP contribution in [0.4, 0.5) is 0 Å². The number of aromatic hydroxyl groups is 1. The van der Waals surface area contributed by atoms with Gasteiger partial charge in [0.25, 0.3) is 0 Å². The highest BCUT2D eigenvalue weighted by atomic mass is 79.9. The molecule has 2 aromatic rings. The van der Waals surface area contributed by atoms with Crippen molar-refractivity contribution in [2.24, 2.45) is 0 Å². The Bertz CT molecular complexity index is 920. The molecule has 0 aliphatic carbocycles. The van der Waals surface area contributed by atoms with E-state index in [0.29, 0.717) is 38.9 Å². The maximum Gasteiger partial charge on any atom is 0.341 e. The lowest BCUT2D eigenvalue weighted by Gasteiger charge is -2.29. The van der Waals surface area contributed by atoms with Crippen LogP contribution in [0, 0.1) is 0 Å². The van der Waals surface area contributed by atoms with Crippen molar-refractivity contribution in [3.63, 3.8) is 0 Å². The quantitative estimate of drug-likeness (QED) is 0.569. The van der Waals surface area contributed by atoms with E-state index in [0.717, 1.165) is 15.6 Å². The third-order valence-electron chi connectivity index (χ3n) is 5.19. The second-order valence-corrected chi connectivity index (χ2v) is 8.09. The minimum atomic E-state index is -0.608. The van der Waals surface area contributed by atoms with Gasteiger partial charge in [0.05, 0.1) is 13.2 Å². The second kappa shape index (κ2) is 10.1. The van der Waals surface area contributed by atoms with Gasteiger partial charge in [-0.05, 0) is 48.2 Å². The first-order valence-corrected chi connectivity index (χ1v) is 10.6. The number of esters is 1. The fourth-order valence-electron chi connectivity index (χ4n) is 3.53. The Morgan fingerprint density at radius 3 is 2.73 bits per heavy atom. The highest BCUT2D eigenvalue weighted by Gasteiger charge is 2.28. The maximum atomic E-state index is 12.3. The molecule has 3 rings (SSSR count). The zero-order valence-electron chi connectivity index (χ0n) is 16.8. The maximum absolute atomic E-state index is 12.3. The zero-order valence-corrected chi connectivity index (χ0v) is 18.3. The molecule has 8 heteroatoms. The Labute approximate surface area is 184 Å². The van der Waals surface area contributed by atoms with Crippen molar-refractivity contribution in [3.05, 3.63) is 63.6 Å². The Kier molecular flexibility index (Phi) is 7.47. The molecule has 0 bridgehead atoms. The third kappa shape index (κ3) is 5.38. The molecule has 7 nitrogen and oxygen atoms in total. The number of carbonyl (C=O) groups is 2. The molecule has 1 aliphatic heterocycles. The molecule has 0 spiro atoms. The minimum absolute atomic E-state index is 0.0438. The van der Waals surface area contributed by atoms with Gasteiger partial charge >= 0.3 is 5.97 Å². The van der Waals surface area contributed by atoms with Crippen molar-refractivity contribution < 1.29 is 24.5 Å². The first kappa shape index (κ1) is 22.3. The number of ether oxygens (including phenoxy) is 1. The first-order valence-electron chi connectivity index (χ1n) is 9.78. The van der Waals surface area contributed by atoms with E-state index in [2.05, 4.69) is 20.7 Å². The molecule has 1 atom stereocenters. The molecule has 1 saturated heterocycles. The summed E-state index contributed by atoms with van der Waals surface area (Å²) in [5.74, 6) is -0.688. The molecule has 30 heavy (non-hydrogen) atoms. The van der Waals surface area contributed by atoms with E-state index < -0.39 is 12.1 Å². The largest absolute Gasteiger partial charge is 0.507 e. The number of hydrogen-bond donors (Lipinski definition) is 2. The fraction of sp³-hybridized carbons (Fsp3) is 0.364. The van der Waals surface area contributed by atoms with Crippen LogP contribution in [-0.4, -0.2) is 58.9 Å². The number of hydrogen-bond acceptors (Lipinski definition) is 6. The Balaban J connectivity index is 1.57. The number of phenols is 1. The first-order chi connectivity index (χ1) is 14.4. The monoisotopic (exact) mass is 476 g/mol. The topological polar surface area (TPSA) is 90.3 Å². The lowest BCUT2D eigenvalue weighted by Crippen LogP contribution is -2.41. The molecule has 1 heterocycles. The number of phenolic OH excluding ortho intramolecular Hbond substituents is 1. The number of hydrazine groups is 1. The predicted octanol–water partition coefficient (Wildman–Crippen LogP) is 3.06. The summed E-state index contributed by atoms with van der Waals surface area (Å²) in [6.07, 6.45) is 0.877.